The van der Waals surface area contributed by atoms with Crippen molar-refractivity contribution in [2.45, 2.75) is 51.1 Å². The molecular formula is C25H29ClN4O4S. The van der Waals surface area contributed by atoms with Crippen LogP contribution in [-0.2, 0) is 21.2 Å². The summed E-state index contributed by atoms with van der Waals surface area (Å²) in [6.45, 7) is 4.34. The van der Waals surface area contributed by atoms with Gasteiger partial charge < -0.3 is 5.11 Å². The van der Waals surface area contributed by atoms with Crippen LogP contribution in [0.1, 0.15) is 38.2 Å². The zero-order chi connectivity index (χ0) is 25.3. The van der Waals surface area contributed by atoms with Crippen LogP contribution in [0, 0.1) is 24.7 Å². The predicted octanol–water partition coefficient (Wildman–Crippen LogP) is 5.10. The Hall–Kier alpha value is -2.78. The molecule has 8 nitrogen and oxygen atoms in total. The van der Waals surface area contributed by atoms with Crippen molar-refractivity contribution in [3.05, 3.63) is 47.2 Å². The molecule has 0 aliphatic heterocycles. The lowest BCUT2D eigenvalue weighted by molar-refractivity contribution is -0.146. The van der Waals surface area contributed by atoms with Gasteiger partial charge in [-0.15, -0.1) is 0 Å². The molecule has 3 aromatic rings. The number of carbonyl (C=O) groups is 1. The zero-order valence-corrected chi connectivity index (χ0v) is 21.6. The average Bonchev–Trinajstić information content (AvgIpc) is 3.14. The number of carboxylic acid groups (broad SMARTS) is 1. The zero-order valence-electron chi connectivity index (χ0n) is 20.0. The second-order valence-electron chi connectivity index (χ2n) is 9.38. The number of hydrogen-bond acceptors (Lipinski definition) is 6. The summed E-state index contributed by atoms with van der Waals surface area (Å²) >= 11 is 6.25. The molecule has 1 N–H and O–H groups in total. The van der Waals surface area contributed by atoms with Crippen LogP contribution in [0.25, 0.3) is 10.9 Å². The third-order valence-electron chi connectivity index (χ3n) is 6.79. The number of aliphatic imine (C=N–C) groups is 1. The van der Waals surface area contributed by atoms with Crippen molar-refractivity contribution in [3.8, 4) is 0 Å². The van der Waals surface area contributed by atoms with E-state index in [2.05, 4.69) is 17.0 Å². The monoisotopic (exact) mass is 516 g/mol. The summed E-state index contributed by atoms with van der Waals surface area (Å²) in [7, 11) is -3.54. The van der Waals surface area contributed by atoms with Crippen LogP contribution in [-0.4, -0.2) is 46.2 Å². The lowest BCUT2D eigenvalue weighted by Crippen LogP contribution is -2.33. The number of aliphatic carboxylic acids is 1. The van der Waals surface area contributed by atoms with Gasteiger partial charge in [0.15, 0.2) is 14.9 Å². The van der Waals surface area contributed by atoms with E-state index in [4.69, 9.17) is 16.6 Å². The number of hydrogen-bond donors (Lipinski definition) is 1. The number of sulfone groups is 1. The third-order valence-corrected chi connectivity index (χ3v) is 8.02. The van der Waals surface area contributed by atoms with Crippen molar-refractivity contribution < 1.29 is 18.3 Å². The first kappa shape index (κ1) is 25.3. The first-order chi connectivity index (χ1) is 16.6. The minimum atomic E-state index is -3.54. The minimum Gasteiger partial charge on any atom is -0.481 e. The van der Waals surface area contributed by atoms with Gasteiger partial charge in [-0.05, 0) is 68.2 Å². The molecule has 0 amide bonds. The second-order valence-corrected chi connectivity index (χ2v) is 11.7. The maximum atomic E-state index is 12.4. The molecule has 2 heterocycles. The Balaban J connectivity index is 1.75. The van der Waals surface area contributed by atoms with Crippen molar-refractivity contribution in [2.75, 3.05) is 6.26 Å². The van der Waals surface area contributed by atoms with Crippen molar-refractivity contribution in [3.63, 3.8) is 0 Å². The SMILES string of the molecule is CCC(CC1CC(C(=O)O)C1)C(Cn1nc(S(C)(=O)=O)c2ccncc21)=Nc1cc(Cl)ccc1C. The van der Waals surface area contributed by atoms with Crippen LogP contribution in [0.5, 0.6) is 0 Å². The Morgan fingerprint density at radius 1 is 1.31 bits per heavy atom. The van der Waals surface area contributed by atoms with E-state index in [1.165, 1.54) is 0 Å². The van der Waals surface area contributed by atoms with Crippen LogP contribution in [0.15, 0.2) is 46.7 Å². The second kappa shape index (κ2) is 10.1. The molecule has 4 rings (SSSR count). The normalized spacial score (nSPS) is 19.5. The summed E-state index contributed by atoms with van der Waals surface area (Å²) in [5, 5.41) is 14.8. The van der Waals surface area contributed by atoms with Gasteiger partial charge in [-0.25, -0.2) is 8.42 Å². The van der Waals surface area contributed by atoms with E-state index in [0.717, 1.165) is 36.1 Å². The van der Waals surface area contributed by atoms with E-state index < -0.39 is 15.8 Å². The molecule has 0 spiro atoms. The minimum absolute atomic E-state index is 0.0181. The lowest BCUT2D eigenvalue weighted by atomic mass is 9.70. The van der Waals surface area contributed by atoms with Crippen LogP contribution in [0.2, 0.25) is 5.02 Å². The van der Waals surface area contributed by atoms with Crippen LogP contribution in [0.3, 0.4) is 0 Å². The van der Waals surface area contributed by atoms with Crippen LogP contribution >= 0.6 is 11.6 Å². The molecule has 35 heavy (non-hydrogen) atoms. The fraction of sp³-hybridized carbons (Fsp3) is 0.440. The highest BCUT2D eigenvalue weighted by Gasteiger charge is 2.36. The molecule has 1 unspecified atom stereocenters. The Bertz CT molecular complexity index is 1390. The molecule has 0 bridgehead atoms. The van der Waals surface area contributed by atoms with Crippen LogP contribution in [0.4, 0.5) is 5.69 Å². The van der Waals surface area contributed by atoms with Gasteiger partial charge in [-0.1, -0.05) is 24.6 Å². The summed E-state index contributed by atoms with van der Waals surface area (Å²) in [6.07, 6.45) is 7.28. The summed E-state index contributed by atoms with van der Waals surface area (Å²) in [4.78, 5) is 20.5. The molecular weight excluding hydrogens is 488 g/mol. The predicted molar refractivity (Wildman–Crippen MR) is 136 cm³/mol. The molecule has 10 heteroatoms. The molecule has 0 saturated heterocycles. The number of pyridine rings is 1. The Kier molecular flexibility index (Phi) is 7.28. The first-order valence-electron chi connectivity index (χ1n) is 11.6. The molecule has 0 radical (unpaired) electrons. The standard InChI is InChI=1S/C25H29ClN4O4S/c1-4-17(9-16-10-18(11-16)25(31)32)22(28-21-12-19(26)6-5-15(21)2)14-30-23-13-27-8-7-20(23)24(29-30)35(3,33)34/h5-8,12-13,16-18H,4,9-11,14H2,1-3H3,(H,31,32). The van der Waals surface area contributed by atoms with Gasteiger partial charge in [0.2, 0.25) is 0 Å². The Morgan fingerprint density at radius 2 is 2.06 bits per heavy atom. The summed E-state index contributed by atoms with van der Waals surface area (Å²) < 4.78 is 26.4. The average molecular weight is 517 g/mol. The Labute approximate surface area is 210 Å². The first-order valence-corrected chi connectivity index (χ1v) is 13.9. The fourth-order valence-electron chi connectivity index (χ4n) is 4.72. The highest BCUT2D eigenvalue weighted by molar-refractivity contribution is 7.90. The lowest BCUT2D eigenvalue weighted by Gasteiger charge is -2.35. The van der Waals surface area contributed by atoms with E-state index >= 15 is 0 Å². The van der Waals surface area contributed by atoms with Crippen molar-refractivity contribution in [1.82, 2.24) is 14.8 Å². The molecule has 1 aliphatic rings. The maximum absolute atomic E-state index is 12.4. The molecule has 1 fully saturated rings. The Morgan fingerprint density at radius 3 is 2.71 bits per heavy atom. The van der Waals surface area contributed by atoms with Gasteiger partial charge in [-0.2, -0.15) is 5.10 Å². The molecule has 1 aliphatic carbocycles. The highest BCUT2D eigenvalue weighted by atomic mass is 35.5. The molecule has 1 aromatic carbocycles. The summed E-state index contributed by atoms with van der Waals surface area (Å²) in [6, 6.07) is 7.21. The van der Waals surface area contributed by atoms with Gasteiger partial charge >= 0.3 is 5.97 Å². The van der Waals surface area contributed by atoms with Gasteiger partial charge in [0.1, 0.15) is 0 Å². The number of rotatable bonds is 9. The topological polar surface area (TPSA) is 115 Å². The van der Waals surface area contributed by atoms with Gasteiger partial charge in [-0.3, -0.25) is 19.5 Å². The smallest absolute Gasteiger partial charge is 0.306 e. The maximum Gasteiger partial charge on any atom is 0.306 e. The quantitative estimate of drug-likeness (QED) is 0.396. The van der Waals surface area contributed by atoms with E-state index in [1.54, 1.807) is 23.1 Å². The largest absolute Gasteiger partial charge is 0.481 e. The van der Waals surface area contributed by atoms with Crippen molar-refractivity contribution in [1.29, 1.82) is 0 Å². The van der Waals surface area contributed by atoms with Crippen molar-refractivity contribution >= 4 is 49.7 Å². The van der Waals surface area contributed by atoms with Gasteiger partial charge in [0.05, 0.1) is 29.9 Å². The molecule has 186 valence electrons. The number of halogens is 1. The van der Waals surface area contributed by atoms with E-state index in [-0.39, 0.29) is 23.4 Å². The summed E-state index contributed by atoms with van der Waals surface area (Å²) in [5.74, 6) is -0.617. The van der Waals surface area contributed by atoms with Crippen LogP contribution < -0.4 is 0 Å². The number of aromatic nitrogens is 3. The van der Waals surface area contributed by atoms with E-state index in [1.807, 2.05) is 25.1 Å². The number of nitrogens with zero attached hydrogens (tertiary/aromatic N) is 4. The number of benzene rings is 1. The number of fused-ring (bicyclic) bond motifs is 1. The van der Waals surface area contributed by atoms with Crippen molar-refractivity contribution in [2.24, 2.45) is 22.7 Å². The highest BCUT2D eigenvalue weighted by Crippen LogP contribution is 2.39. The number of carboxylic acids is 1. The van der Waals surface area contributed by atoms with E-state index in [0.29, 0.717) is 34.7 Å². The molecule has 1 atom stereocenters. The summed E-state index contributed by atoms with van der Waals surface area (Å²) in [5.41, 5.74) is 3.19. The molecule has 1 saturated carbocycles. The molecule has 2 aromatic heterocycles. The number of aryl methyl sites for hydroxylation is 1. The third kappa shape index (κ3) is 5.56. The van der Waals surface area contributed by atoms with E-state index in [9.17, 15) is 18.3 Å². The fourth-order valence-corrected chi connectivity index (χ4v) is 5.71. The van der Waals surface area contributed by atoms with Gasteiger partial charge in [0.25, 0.3) is 0 Å². The van der Waals surface area contributed by atoms with Gasteiger partial charge in [0, 0.05) is 28.6 Å².